The van der Waals surface area contributed by atoms with Crippen molar-refractivity contribution in [1.82, 2.24) is 4.31 Å². The zero-order valence-corrected chi connectivity index (χ0v) is 14.3. The van der Waals surface area contributed by atoms with E-state index in [2.05, 4.69) is 0 Å². The van der Waals surface area contributed by atoms with E-state index >= 15 is 0 Å². The fourth-order valence-corrected chi connectivity index (χ4v) is 5.15. The fourth-order valence-electron chi connectivity index (χ4n) is 3.63. The van der Waals surface area contributed by atoms with Crippen LogP contribution in [0.4, 0.5) is 0 Å². The maximum absolute atomic E-state index is 12.9. The van der Waals surface area contributed by atoms with E-state index in [1.807, 2.05) is 42.5 Å². The highest BCUT2D eigenvalue weighted by molar-refractivity contribution is 7.89. The molecule has 1 aliphatic heterocycles. The topological polar surface area (TPSA) is 63.4 Å². The molecule has 1 saturated carbocycles. The molecule has 5 heteroatoms. The van der Waals surface area contributed by atoms with Crippen molar-refractivity contribution in [3.63, 3.8) is 0 Å². The van der Waals surface area contributed by atoms with E-state index in [1.54, 1.807) is 16.4 Å². The summed E-state index contributed by atoms with van der Waals surface area (Å²) in [6, 6.07) is 17.1. The highest BCUT2D eigenvalue weighted by Gasteiger charge is 2.44. The lowest BCUT2D eigenvalue weighted by Crippen LogP contribution is -2.32. The zero-order chi connectivity index (χ0) is 16.7. The monoisotopic (exact) mass is 342 g/mol. The van der Waals surface area contributed by atoms with E-state index in [0.717, 1.165) is 11.1 Å². The Morgan fingerprint density at radius 1 is 0.875 bits per heavy atom. The summed E-state index contributed by atoms with van der Waals surface area (Å²) in [7, 11) is -3.46. The second-order valence-electron chi connectivity index (χ2n) is 6.88. The molecule has 24 heavy (non-hydrogen) atoms. The Hall–Kier alpha value is -1.69. The van der Waals surface area contributed by atoms with Gasteiger partial charge in [-0.05, 0) is 47.9 Å². The van der Waals surface area contributed by atoms with E-state index < -0.39 is 10.0 Å². The van der Waals surface area contributed by atoms with Gasteiger partial charge in [0.25, 0.3) is 0 Å². The Morgan fingerprint density at radius 3 is 2.12 bits per heavy atom. The maximum atomic E-state index is 12.9. The Labute approximate surface area is 143 Å². The van der Waals surface area contributed by atoms with Crippen LogP contribution in [-0.4, -0.2) is 31.9 Å². The lowest BCUT2D eigenvalue weighted by atomic mass is 9.99. The van der Waals surface area contributed by atoms with Crippen LogP contribution in [0.2, 0.25) is 0 Å². The van der Waals surface area contributed by atoms with E-state index in [1.165, 1.54) is 12.8 Å². The normalized spacial score (nSPS) is 25.0. The van der Waals surface area contributed by atoms with Crippen molar-refractivity contribution in [2.75, 3.05) is 13.1 Å². The van der Waals surface area contributed by atoms with Gasteiger partial charge in [-0.1, -0.05) is 42.5 Å². The van der Waals surface area contributed by atoms with Crippen molar-refractivity contribution in [2.24, 2.45) is 17.6 Å². The smallest absolute Gasteiger partial charge is 0.243 e. The molecule has 2 aromatic carbocycles. The molecule has 0 aromatic heterocycles. The van der Waals surface area contributed by atoms with Crippen LogP contribution in [0.5, 0.6) is 0 Å². The number of rotatable bonds is 4. The molecule has 4 rings (SSSR count). The van der Waals surface area contributed by atoms with Crippen molar-refractivity contribution in [2.45, 2.75) is 23.8 Å². The number of sulfonamides is 1. The molecular weight excluding hydrogens is 320 g/mol. The van der Waals surface area contributed by atoms with Gasteiger partial charge in [0, 0.05) is 19.1 Å². The van der Waals surface area contributed by atoms with Crippen molar-refractivity contribution < 1.29 is 8.42 Å². The van der Waals surface area contributed by atoms with Gasteiger partial charge in [0.1, 0.15) is 0 Å². The first-order valence-corrected chi connectivity index (χ1v) is 9.91. The fraction of sp³-hybridized carbons (Fsp3) is 0.368. The summed E-state index contributed by atoms with van der Waals surface area (Å²) in [6.45, 7) is 0.999. The largest absolute Gasteiger partial charge is 0.326 e. The Bertz CT molecular complexity index is 814. The van der Waals surface area contributed by atoms with E-state index in [4.69, 9.17) is 5.73 Å². The first-order valence-electron chi connectivity index (χ1n) is 8.47. The average Bonchev–Trinajstić information content (AvgIpc) is 3.37. The van der Waals surface area contributed by atoms with E-state index in [-0.39, 0.29) is 6.04 Å². The minimum absolute atomic E-state index is 0.0316. The van der Waals surface area contributed by atoms with Gasteiger partial charge in [0.15, 0.2) is 0 Å². The van der Waals surface area contributed by atoms with Gasteiger partial charge in [-0.25, -0.2) is 8.42 Å². The maximum Gasteiger partial charge on any atom is 0.243 e. The average molecular weight is 342 g/mol. The third-order valence-electron chi connectivity index (χ3n) is 5.21. The molecule has 2 unspecified atom stereocenters. The molecule has 2 atom stereocenters. The molecule has 1 saturated heterocycles. The van der Waals surface area contributed by atoms with Crippen molar-refractivity contribution in [1.29, 1.82) is 0 Å². The number of hydrogen-bond donors (Lipinski definition) is 1. The van der Waals surface area contributed by atoms with Gasteiger partial charge in [0.2, 0.25) is 10.0 Å². The SMILES string of the molecule is NC1CN(S(=O)(=O)c2ccc(-c3ccccc3)cc2)CC1C1CC1. The zero-order valence-electron chi connectivity index (χ0n) is 13.5. The van der Waals surface area contributed by atoms with Gasteiger partial charge in [-0.3, -0.25) is 0 Å². The lowest BCUT2D eigenvalue weighted by Gasteiger charge is -2.16. The van der Waals surface area contributed by atoms with Crippen LogP contribution in [0.25, 0.3) is 11.1 Å². The first kappa shape index (κ1) is 15.8. The van der Waals surface area contributed by atoms with Crippen LogP contribution in [0.1, 0.15) is 12.8 Å². The third kappa shape index (κ3) is 2.88. The lowest BCUT2D eigenvalue weighted by molar-refractivity contribution is 0.428. The summed E-state index contributed by atoms with van der Waals surface area (Å²) < 4.78 is 27.3. The minimum Gasteiger partial charge on any atom is -0.326 e. The number of nitrogens with zero attached hydrogens (tertiary/aromatic N) is 1. The van der Waals surface area contributed by atoms with E-state index in [0.29, 0.717) is 29.8 Å². The summed E-state index contributed by atoms with van der Waals surface area (Å²) in [5, 5.41) is 0. The molecule has 2 aromatic rings. The number of benzene rings is 2. The first-order chi connectivity index (χ1) is 11.6. The van der Waals surface area contributed by atoms with Crippen LogP contribution in [-0.2, 0) is 10.0 Å². The number of hydrogen-bond acceptors (Lipinski definition) is 3. The highest BCUT2D eigenvalue weighted by Crippen LogP contribution is 2.42. The molecule has 0 bridgehead atoms. The van der Waals surface area contributed by atoms with Crippen molar-refractivity contribution in [3.8, 4) is 11.1 Å². The summed E-state index contributed by atoms with van der Waals surface area (Å²) in [5.41, 5.74) is 8.28. The standard InChI is InChI=1S/C19H22N2O2S/c20-19-13-21(12-18(19)16-6-7-16)24(22,23)17-10-8-15(9-11-17)14-4-2-1-3-5-14/h1-5,8-11,16,18-19H,6-7,12-13,20H2. The minimum atomic E-state index is -3.46. The van der Waals surface area contributed by atoms with Gasteiger partial charge in [-0.2, -0.15) is 4.31 Å². The molecule has 4 nitrogen and oxygen atoms in total. The molecule has 0 amide bonds. The summed E-state index contributed by atoms with van der Waals surface area (Å²) in [6.07, 6.45) is 2.38. The van der Waals surface area contributed by atoms with Crippen molar-refractivity contribution in [3.05, 3.63) is 54.6 Å². The molecule has 126 valence electrons. The second kappa shape index (κ2) is 5.99. The summed E-state index contributed by atoms with van der Waals surface area (Å²) in [5.74, 6) is 0.948. The highest BCUT2D eigenvalue weighted by atomic mass is 32.2. The quantitative estimate of drug-likeness (QED) is 0.929. The van der Waals surface area contributed by atoms with Crippen LogP contribution >= 0.6 is 0 Å². The van der Waals surface area contributed by atoms with Crippen LogP contribution in [0.3, 0.4) is 0 Å². The second-order valence-corrected chi connectivity index (χ2v) is 8.82. The summed E-state index contributed by atoms with van der Waals surface area (Å²) >= 11 is 0. The molecule has 0 radical (unpaired) electrons. The van der Waals surface area contributed by atoms with Crippen LogP contribution in [0.15, 0.2) is 59.5 Å². The molecule has 1 heterocycles. The van der Waals surface area contributed by atoms with Gasteiger partial charge in [-0.15, -0.1) is 0 Å². The molecule has 2 fully saturated rings. The molecule has 0 spiro atoms. The van der Waals surface area contributed by atoms with E-state index in [9.17, 15) is 8.42 Å². The molecule has 2 aliphatic rings. The van der Waals surface area contributed by atoms with Gasteiger partial charge in [0.05, 0.1) is 4.90 Å². The predicted octanol–water partition coefficient (Wildman–Crippen LogP) is 2.71. The number of nitrogens with two attached hydrogens (primary N) is 1. The van der Waals surface area contributed by atoms with Gasteiger partial charge >= 0.3 is 0 Å². The molecule has 1 aliphatic carbocycles. The van der Waals surface area contributed by atoms with Gasteiger partial charge < -0.3 is 5.73 Å². The molecular formula is C19H22N2O2S. The van der Waals surface area contributed by atoms with Crippen LogP contribution in [0, 0.1) is 11.8 Å². The Morgan fingerprint density at radius 2 is 1.50 bits per heavy atom. The van der Waals surface area contributed by atoms with Crippen molar-refractivity contribution >= 4 is 10.0 Å². The molecule has 2 N–H and O–H groups in total. The summed E-state index contributed by atoms with van der Waals surface area (Å²) in [4.78, 5) is 0.353. The third-order valence-corrected chi connectivity index (χ3v) is 7.05. The predicted molar refractivity (Wildman–Crippen MR) is 94.8 cm³/mol. The Kier molecular flexibility index (Phi) is 3.95. The van der Waals surface area contributed by atoms with Crippen LogP contribution < -0.4 is 5.73 Å². The Balaban J connectivity index is 1.56.